The van der Waals surface area contributed by atoms with Crippen LogP contribution in [0.15, 0.2) is 30.4 Å². The van der Waals surface area contributed by atoms with E-state index in [0.717, 1.165) is 32.1 Å². The Balaban J connectivity index is 1.99. The molecule has 9 heteroatoms. The molecule has 0 spiro atoms. The van der Waals surface area contributed by atoms with Crippen molar-refractivity contribution in [3.63, 3.8) is 0 Å². The summed E-state index contributed by atoms with van der Waals surface area (Å²) in [6, 6.07) is 2.46. The van der Waals surface area contributed by atoms with Gasteiger partial charge in [0, 0.05) is 11.6 Å². The number of rotatable bonds is 9. The Morgan fingerprint density at radius 1 is 1.18 bits per heavy atom. The van der Waals surface area contributed by atoms with Crippen LogP contribution in [0.25, 0.3) is 6.08 Å². The lowest BCUT2D eigenvalue weighted by atomic mass is 9.93. The number of carbonyl (C=O) groups excluding carboxylic acids is 4. The Bertz CT molecular complexity index is 1010. The average molecular weight is 471 g/mol. The molecule has 9 nitrogen and oxygen atoms in total. The number of imide groups is 2. The topological polar surface area (TPSA) is 111 Å². The van der Waals surface area contributed by atoms with Crippen molar-refractivity contribution >= 4 is 29.9 Å². The monoisotopic (exact) mass is 470 g/mol. The molecule has 0 atom stereocenters. The number of ether oxygens (including phenoxy) is 3. The first kappa shape index (κ1) is 25.0. The summed E-state index contributed by atoms with van der Waals surface area (Å²) in [5.74, 6) is -1.18. The van der Waals surface area contributed by atoms with E-state index in [4.69, 9.17) is 9.47 Å². The van der Waals surface area contributed by atoms with Crippen LogP contribution in [0.1, 0.15) is 50.2 Å². The van der Waals surface area contributed by atoms with E-state index in [9.17, 15) is 19.2 Å². The highest BCUT2D eigenvalue weighted by atomic mass is 16.6. The first-order valence-corrected chi connectivity index (χ1v) is 11.4. The number of hydrogen-bond donors (Lipinski definition) is 1. The van der Waals surface area contributed by atoms with Gasteiger partial charge < -0.3 is 14.2 Å². The largest absolute Gasteiger partial charge is 0.490 e. The maximum Gasteiger partial charge on any atom is 0.343 e. The Morgan fingerprint density at radius 2 is 1.91 bits per heavy atom. The lowest BCUT2D eigenvalue weighted by Crippen LogP contribution is -2.58. The van der Waals surface area contributed by atoms with E-state index in [1.165, 1.54) is 18.1 Å². The summed E-state index contributed by atoms with van der Waals surface area (Å²) in [4.78, 5) is 51.0. The summed E-state index contributed by atoms with van der Waals surface area (Å²) in [5.41, 5.74) is 1.04. The fourth-order valence-electron chi connectivity index (χ4n) is 4.20. The molecule has 1 aromatic rings. The summed E-state index contributed by atoms with van der Waals surface area (Å²) in [6.45, 7) is 5.58. The van der Waals surface area contributed by atoms with Crippen molar-refractivity contribution < 1.29 is 33.4 Å². The molecule has 1 heterocycles. The molecular weight excluding hydrogens is 440 g/mol. The van der Waals surface area contributed by atoms with Crippen LogP contribution in [0.4, 0.5) is 4.79 Å². The summed E-state index contributed by atoms with van der Waals surface area (Å²) in [7, 11) is 1.27. The maximum absolute atomic E-state index is 13.2. The van der Waals surface area contributed by atoms with Crippen molar-refractivity contribution in [2.24, 2.45) is 0 Å². The lowest BCUT2D eigenvalue weighted by molar-refractivity contribution is -0.143. The summed E-state index contributed by atoms with van der Waals surface area (Å²) in [5, 5.41) is 2.29. The zero-order valence-corrected chi connectivity index (χ0v) is 19.6. The van der Waals surface area contributed by atoms with Crippen LogP contribution in [0.3, 0.4) is 0 Å². The van der Waals surface area contributed by atoms with Gasteiger partial charge in [0.25, 0.3) is 11.8 Å². The number of barbiturate groups is 1. The number of carbonyl (C=O) groups is 4. The van der Waals surface area contributed by atoms with E-state index in [1.807, 2.05) is 0 Å². The van der Waals surface area contributed by atoms with E-state index in [-0.39, 0.29) is 18.2 Å². The third-order valence-corrected chi connectivity index (χ3v) is 5.76. The molecular formula is C25H30N2O7. The molecule has 2 aliphatic rings. The molecule has 182 valence electrons. The predicted molar refractivity (Wildman–Crippen MR) is 124 cm³/mol. The fraction of sp³-hybridized carbons (Fsp3) is 0.440. The highest BCUT2D eigenvalue weighted by molar-refractivity contribution is 6.31. The van der Waals surface area contributed by atoms with Crippen LogP contribution in [-0.4, -0.2) is 55.1 Å². The van der Waals surface area contributed by atoms with Crippen LogP contribution in [-0.2, 0) is 25.5 Å². The van der Waals surface area contributed by atoms with Crippen molar-refractivity contribution in [3.05, 3.63) is 41.5 Å². The highest BCUT2D eigenvalue weighted by Gasteiger charge is 2.40. The third kappa shape index (κ3) is 5.65. The summed E-state index contributed by atoms with van der Waals surface area (Å²) >= 11 is 0. The first-order valence-electron chi connectivity index (χ1n) is 11.4. The quantitative estimate of drug-likeness (QED) is 0.255. The van der Waals surface area contributed by atoms with E-state index in [2.05, 4.69) is 16.6 Å². The van der Waals surface area contributed by atoms with Crippen molar-refractivity contribution in [2.75, 3.05) is 20.3 Å². The number of amides is 4. The molecule has 0 radical (unpaired) electrons. The smallest absolute Gasteiger partial charge is 0.343 e. The lowest BCUT2D eigenvalue weighted by Gasteiger charge is -2.35. The molecule has 1 N–H and O–H groups in total. The van der Waals surface area contributed by atoms with Gasteiger partial charge in [0.1, 0.15) is 5.57 Å². The molecule has 0 bridgehead atoms. The van der Waals surface area contributed by atoms with Gasteiger partial charge in [-0.3, -0.25) is 19.8 Å². The van der Waals surface area contributed by atoms with Crippen LogP contribution in [0, 0.1) is 0 Å². The Morgan fingerprint density at radius 3 is 2.56 bits per heavy atom. The second-order valence-electron chi connectivity index (χ2n) is 8.08. The molecule has 1 saturated carbocycles. The number of methoxy groups -OCH3 is 1. The second-order valence-corrected chi connectivity index (χ2v) is 8.08. The maximum atomic E-state index is 13.2. The molecule has 1 saturated heterocycles. The van der Waals surface area contributed by atoms with Gasteiger partial charge in [-0.2, -0.15) is 0 Å². The van der Waals surface area contributed by atoms with Gasteiger partial charge in [-0.1, -0.05) is 25.3 Å². The highest BCUT2D eigenvalue weighted by Crippen LogP contribution is 2.35. The van der Waals surface area contributed by atoms with Gasteiger partial charge >= 0.3 is 12.0 Å². The van der Waals surface area contributed by atoms with Gasteiger partial charge in [-0.25, -0.2) is 9.59 Å². The van der Waals surface area contributed by atoms with Crippen molar-refractivity contribution in [3.8, 4) is 11.5 Å². The number of allylic oxidation sites excluding steroid dienone is 1. The number of hydrogen-bond acceptors (Lipinski definition) is 7. The second kappa shape index (κ2) is 11.5. The van der Waals surface area contributed by atoms with Crippen molar-refractivity contribution in [1.82, 2.24) is 10.2 Å². The molecule has 1 aromatic carbocycles. The normalized spacial score (nSPS) is 18.0. The minimum absolute atomic E-state index is 0.125. The molecule has 1 aliphatic heterocycles. The van der Waals surface area contributed by atoms with Crippen molar-refractivity contribution in [2.45, 2.75) is 51.5 Å². The molecule has 4 amide bonds. The van der Waals surface area contributed by atoms with E-state index in [1.54, 1.807) is 25.1 Å². The van der Waals surface area contributed by atoms with Crippen LogP contribution < -0.4 is 14.8 Å². The molecule has 1 aliphatic carbocycles. The van der Waals surface area contributed by atoms with E-state index < -0.39 is 23.8 Å². The average Bonchev–Trinajstić information content (AvgIpc) is 2.82. The van der Waals surface area contributed by atoms with Gasteiger partial charge in [-0.05, 0) is 50.0 Å². The van der Waals surface area contributed by atoms with Crippen molar-refractivity contribution in [1.29, 1.82) is 0 Å². The van der Waals surface area contributed by atoms with Crippen LogP contribution in [0.5, 0.6) is 11.5 Å². The Hall–Kier alpha value is -3.62. The molecule has 0 unspecified atom stereocenters. The van der Waals surface area contributed by atoms with Gasteiger partial charge in [0.05, 0.1) is 13.7 Å². The first-order chi connectivity index (χ1) is 16.4. The summed E-state index contributed by atoms with van der Waals surface area (Å²) < 4.78 is 16.0. The van der Waals surface area contributed by atoms with Gasteiger partial charge in [0.15, 0.2) is 18.1 Å². The SMILES string of the molecule is C=CCc1cc(C=C2C(=O)NC(=O)N(C3CCCCC3)C2=O)cc(OCC)c1OCC(=O)OC. The minimum Gasteiger partial charge on any atom is -0.490 e. The molecule has 3 rings (SSSR count). The van der Waals surface area contributed by atoms with Gasteiger partial charge in [-0.15, -0.1) is 6.58 Å². The minimum atomic E-state index is -0.740. The molecule has 2 fully saturated rings. The molecule has 0 aromatic heterocycles. The number of benzene rings is 1. The number of urea groups is 1. The number of nitrogens with zero attached hydrogens (tertiary/aromatic N) is 1. The fourth-order valence-corrected chi connectivity index (χ4v) is 4.20. The Kier molecular flexibility index (Phi) is 8.45. The van der Waals surface area contributed by atoms with E-state index >= 15 is 0 Å². The van der Waals surface area contributed by atoms with Crippen LogP contribution >= 0.6 is 0 Å². The zero-order chi connectivity index (χ0) is 24.7. The Labute approximate surface area is 198 Å². The standard InChI is InChI=1S/C25H30N2O7/c1-4-9-17-12-16(14-20(33-5-2)22(17)34-15-21(28)32-3)13-19-23(29)26-25(31)27(24(19)30)18-10-7-6-8-11-18/h4,12-14,18H,1,5-11,15H2,2-3H3,(H,26,29,31). The molecule has 34 heavy (non-hydrogen) atoms. The third-order valence-electron chi connectivity index (χ3n) is 5.76. The van der Waals surface area contributed by atoms with Gasteiger partial charge in [0.2, 0.25) is 0 Å². The number of esters is 1. The summed E-state index contributed by atoms with van der Waals surface area (Å²) in [6.07, 6.45) is 7.89. The predicted octanol–water partition coefficient (Wildman–Crippen LogP) is 3.16. The van der Waals surface area contributed by atoms with Crippen LogP contribution in [0.2, 0.25) is 0 Å². The zero-order valence-electron chi connectivity index (χ0n) is 19.6. The van der Waals surface area contributed by atoms with E-state index in [0.29, 0.717) is 35.7 Å². The number of nitrogens with one attached hydrogen (secondary N) is 1.